The Morgan fingerprint density at radius 3 is 2.74 bits per heavy atom. The summed E-state index contributed by atoms with van der Waals surface area (Å²) in [5.41, 5.74) is 4.95. The second-order valence-electron chi connectivity index (χ2n) is 4.85. The van der Waals surface area contributed by atoms with Crippen molar-refractivity contribution in [1.82, 2.24) is 0 Å². The van der Waals surface area contributed by atoms with Crippen LogP contribution in [0, 0.1) is 13.8 Å². The van der Waals surface area contributed by atoms with Crippen molar-refractivity contribution >= 4 is 5.69 Å². The molecule has 2 aromatic carbocycles. The maximum absolute atomic E-state index is 5.37. The second kappa shape index (κ2) is 4.84. The molecule has 0 unspecified atom stereocenters. The van der Waals surface area contributed by atoms with Crippen LogP contribution in [-0.4, -0.2) is 6.79 Å². The van der Waals surface area contributed by atoms with E-state index in [9.17, 15) is 0 Å². The van der Waals surface area contributed by atoms with Crippen LogP contribution >= 0.6 is 0 Å². The van der Waals surface area contributed by atoms with Crippen LogP contribution < -0.4 is 14.8 Å². The normalized spacial score (nSPS) is 12.5. The molecule has 98 valence electrons. The first kappa shape index (κ1) is 11.9. The molecule has 0 amide bonds. The minimum Gasteiger partial charge on any atom is -0.454 e. The number of fused-ring (bicyclic) bond motifs is 1. The van der Waals surface area contributed by atoms with E-state index >= 15 is 0 Å². The molecule has 0 saturated heterocycles. The molecule has 0 aromatic heterocycles. The SMILES string of the molecule is Cc1ccc(C)c(CNc2ccc3c(c2)OCO3)c1. The molecule has 0 saturated carbocycles. The molecule has 0 atom stereocenters. The van der Waals surface area contributed by atoms with E-state index in [0.717, 1.165) is 23.7 Å². The molecular formula is C16H17NO2. The third kappa shape index (κ3) is 2.50. The molecule has 1 heterocycles. The van der Waals surface area contributed by atoms with Gasteiger partial charge in [0, 0.05) is 18.3 Å². The number of aryl methyl sites for hydroxylation is 2. The van der Waals surface area contributed by atoms with Crippen molar-refractivity contribution in [2.75, 3.05) is 12.1 Å². The molecule has 0 spiro atoms. The van der Waals surface area contributed by atoms with Gasteiger partial charge < -0.3 is 14.8 Å². The van der Waals surface area contributed by atoms with Gasteiger partial charge in [0.25, 0.3) is 0 Å². The minimum absolute atomic E-state index is 0.315. The van der Waals surface area contributed by atoms with E-state index in [2.05, 4.69) is 37.4 Å². The summed E-state index contributed by atoms with van der Waals surface area (Å²) in [6.45, 7) is 5.38. The Morgan fingerprint density at radius 1 is 1.00 bits per heavy atom. The molecule has 0 aliphatic carbocycles. The van der Waals surface area contributed by atoms with Crippen LogP contribution in [0.5, 0.6) is 11.5 Å². The topological polar surface area (TPSA) is 30.5 Å². The van der Waals surface area contributed by atoms with Crippen LogP contribution in [-0.2, 0) is 6.54 Å². The van der Waals surface area contributed by atoms with Gasteiger partial charge in [0.1, 0.15) is 0 Å². The first-order valence-corrected chi connectivity index (χ1v) is 6.42. The average Bonchev–Trinajstić information content (AvgIpc) is 2.87. The van der Waals surface area contributed by atoms with Gasteiger partial charge in [-0.1, -0.05) is 23.8 Å². The van der Waals surface area contributed by atoms with Gasteiger partial charge in [0.15, 0.2) is 11.5 Å². The molecule has 3 heteroatoms. The molecule has 0 fully saturated rings. The predicted molar refractivity (Wildman–Crippen MR) is 75.8 cm³/mol. The Kier molecular flexibility index (Phi) is 3.03. The maximum atomic E-state index is 5.37. The monoisotopic (exact) mass is 255 g/mol. The van der Waals surface area contributed by atoms with Crippen molar-refractivity contribution in [2.24, 2.45) is 0 Å². The first-order chi connectivity index (χ1) is 9.22. The number of ether oxygens (including phenoxy) is 2. The molecule has 1 N–H and O–H groups in total. The zero-order valence-corrected chi connectivity index (χ0v) is 11.2. The van der Waals surface area contributed by atoms with Crippen molar-refractivity contribution in [3.05, 3.63) is 53.1 Å². The summed E-state index contributed by atoms with van der Waals surface area (Å²) >= 11 is 0. The first-order valence-electron chi connectivity index (χ1n) is 6.42. The fourth-order valence-corrected chi connectivity index (χ4v) is 2.19. The molecule has 19 heavy (non-hydrogen) atoms. The van der Waals surface area contributed by atoms with E-state index < -0.39 is 0 Å². The standard InChI is InChI=1S/C16H17NO2/c1-11-3-4-12(2)13(7-11)9-17-14-5-6-15-16(8-14)19-10-18-15/h3-8,17H,9-10H2,1-2H3. The van der Waals surface area contributed by atoms with Crippen molar-refractivity contribution in [3.63, 3.8) is 0 Å². The smallest absolute Gasteiger partial charge is 0.231 e. The van der Waals surface area contributed by atoms with Gasteiger partial charge in [0.2, 0.25) is 6.79 Å². The van der Waals surface area contributed by atoms with E-state index in [-0.39, 0.29) is 0 Å². The lowest BCUT2D eigenvalue weighted by atomic mass is 10.1. The molecule has 1 aliphatic heterocycles. The van der Waals surface area contributed by atoms with Gasteiger partial charge in [0.05, 0.1) is 0 Å². The number of rotatable bonds is 3. The third-order valence-corrected chi connectivity index (χ3v) is 3.36. The number of hydrogen-bond acceptors (Lipinski definition) is 3. The van der Waals surface area contributed by atoms with E-state index in [1.165, 1.54) is 16.7 Å². The highest BCUT2D eigenvalue weighted by atomic mass is 16.7. The average molecular weight is 255 g/mol. The number of benzene rings is 2. The number of hydrogen-bond donors (Lipinski definition) is 1. The van der Waals surface area contributed by atoms with Crippen LogP contribution in [0.1, 0.15) is 16.7 Å². The fraction of sp³-hybridized carbons (Fsp3) is 0.250. The highest BCUT2D eigenvalue weighted by molar-refractivity contribution is 5.56. The molecule has 1 aliphatic rings. The van der Waals surface area contributed by atoms with Gasteiger partial charge in [-0.3, -0.25) is 0 Å². The van der Waals surface area contributed by atoms with E-state index in [4.69, 9.17) is 9.47 Å². The Labute approximate surface area is 113 Å². The Morgan fingerprint density at radius 2 is 1.84 bits per heavy atom. The highest BCUT2D eigenvalue weighted by Gasteiger charge is 2.12. The molecular weight excluding hydrogens is 238 g/mol. The lowest BCUT2D eigenvalue weighted by Crippen LogP contribution is -2.01. The summed E-state index contributed by atoms with van der Waals surface area (Å²) in [5.74, 6) is 1.63. The number of anilines is 1. The molecule has 0 radical (unpaired) electrons. The number of nitrogens with one attached hydrogen (secondary N) is 1. The lowest BCUT2D eigenvalue weighted by molar-refractivity contribution is 0.174. The Hall–Kier alpha value is -2.16. The summed E-state index contributed by atoms with van der Waals surface area (Å²) in [6, 6.07) is 12.4. The molecule has 2 aromatic rings. The minimum atomic E-state index is 0.315. The van der Waals surface area contributed by atoms with Crippen molar-refractivity contribution < 1.29 is 9.47 Å². The maximum Gasteiger partial charge on any atom is 0.231 e. The van der Waals surface area contributed by atoms with Crippen molar-refractivity contribution in [3.8, 4) is 11.5 Å². The summed E-state index contributed by atoms with van der Waals surface area (Å²) in [4.78, 5) is 0. The highest BCUT2D eigenvalue weighted by Crippen LogP contribution is 2.34. The fourth-order valence-electron chi connectivity index (χ4n) is 2.19. The van der Waals surface area contributed by atoms with Gasteiger partial charge in [-0.05, 0) is 37.1 Å². The zero-order valence-electron chi connectivity index (χ0n) is 11.2. The van der Waals surface area contributed by atoms with E-state index in [1.807, 2.05) is 18.2 Å². The van der Waals surface area contributed by atoms with E-state index in [0.29, 0.717) is 6.79 Å². The van der Waals surface area contributed by atoms with Crippen LogP contribution in [0.3, 0.4) is 0 Å². The Balaban J connectivity index is 1.74. The summed E-state index contributed by atoms with van der Waals surface area (Å²) < 4.78 is 10.7. The van der Waals surface area contributed by atoms with Gasteiger partial charge in [-0.25, -0.2) is 0 Å². The summed E-state index contributed by atoms with van der Waals surface area (Å²) in [7, 11) is 0. The summed E-state index contributed by atoms with van der Waals surface area (Å²) in [6.07, 6.45) is 0. The second-order valence-corrected chi connectivity index (χ2v) is 4.85. The largest absolute Gasteiger partial charge is 0.454 e. The van der Waals surface area contributed by atoms with Crippen LogP contribution in [0.4, 0.5) is 5.69 Å². The third-order valence-electron chi connectivity index (χ3n) is 3.36. The zero-order chi connectivity index (χ0) is 13.2. The van der Waals surface area contributed by atoms with Gasteiger partial charge in [-0.15, -0.1) is 0 Å². The van der Waals surface area contributed by atoms with Crippen LogP contribution in [0.2, 0.25) is 0 Å². The summed E-state index contributed by atoms with van der Waals surface area (Å²) in [5, 5.41) is 3.42. The van der Waals surface area contributed by atoms with Gasteiger partial charge >= 0.3 is 0 Å². The van der Waals surface area contributed by atoms with E-state index in [1.54, 1.807) is 0 Å². The van der Waals surface area contributed by atoms with Crippen LogP contribution in [0.15, 0.2) is 36.4 Å². The molecule has 3 nitrogen and oxygen atoms in total. The Bertz CT molecular complexity index is 608. The van der Waals surface area contributed by atoms with Crippen LogP contribution in [0.25, 0.3) is 0 Å². The van der Waals surface area contributed by atoms with Crippen molar-refractivity contribution in [2.45, 2.75) is 20.4 Å². The quantitative estimate of drug-likeness (QED) is 0.908. The van der Waals surface area contributed by atoms with Gasteiger partial charge in [-0.2, -0.15) is 0 Å². The lowest BCUT2D eigenvalue weighted by Gasteiger charge is -2.10. The van der Waals surface area contributed by atoms with Crippen molar-refractivity contribution in [1.29, 1.82) is 0 Å². The predicted octanol–water partition coefficient (Wildman–Crippen LogP) is 3.64. The molecule has 0 bridgehead atoms. The molecule has 3 rings (SSSR count).